The molecule has 0 aliphatic carbocycles. The fourth-order valence-corrected chi connectivity index (χ4v) is 4.00. The van der Waals surface area contributed by atoms with Crippen LogP contribution in [0.5, 0.6) is 5.75 Å². The third kappa shape index (κ3) is 4.81. The van der Waals surface area contributed by atoms with Crippen molar-refractivity contribution in [2.24, 2.45) is 0 Å². The molecular weight excluding hydrogens is 468 g/mol. The minimum atomic E-state index is -0.311. The van der Waals surface area contributed by atoms with Gasteiger partial charge in [-0.2, -0.15) is 0 Å². The van der Waals surface area contributed by atoms with Gasteiger partial charge in [0.25, 0.3) is 11.8 Å². The fourth-order valence-electron chi connectivity index (χ4n) is 3.39. The molecule has 0 aliphatic heterocycles. The Kier molecular flexibility index (Phi) is 6.52. The molecule has 0 aliphatic rings. The van der Waals surface area contributed by atoms with Crippen molar-refractivity contribution >= 4 is 49.9 Å². The Labute approximate surface area is 194 Å². The SMILES string of the molecule is Cc1c(NC(=O)COc2ccc3ccccc3c2Br)cccc1C(=O)Nc1ccccc1. The minimum absolute atomic E-state index is 0.156. The van der Waals surface area contributed by atoms with Gasteiger partial charge in [-0.15, -0.1) is 0 Å². The first-order chi connectivity index (χ1) is 15.5. The summed E-state index contributed by atoms with van der Waals surface area (Å²) in [4.78, 5) is 25.2. The lowest BCUT2D eigenvalue weighted by Crippen LogP contribution is -2.22. The first-order valence-corrected chi connectivity index (χ1v) is 10.9. The average molecular weight is 489 g/mol. The van der Waals surface area contributed by atoms with Crippen molar-refractivity contribution in [1.82, 2.24) is 0 Å². The number of fused-ring (bicyclic) bond motifs is 1. The summed E-state index contributed by atoms with van der Waals surface area (Å²) in [5.74, 6) is 0.0430. The molecule has 0 unspecified atom stereocenters. The standard InChI is InChI=1S/C26H21BrN2O3/c1-17-20(26(31)28-19-9-3-2-4-10-19)12-7-13-22(17)29-24(30)16-32-23-15-14-18-8-5-6-11-21(18)25(23)27/h2-15H,16H2,1H3,(H,28,31)(H,29,30). The number of nitrogens with one attached hydrogen (secondary N) is 2. The van der Waals surface area contributed by atoms with E-state index in [0.717, 1.165) is 15.2 Å². The van der Waals surface area contributed by atoms with Gasteiger partial charge in [-0.3, -0.25) is 9.59 Å². The molecule has 0 heterocycles. The lowest BCUT2D eigenvalue weighted by Gasteiger charge is -2.14. The van der Waals surface area contributed by atoms with E-state index in [1.54, 1.807) is 25.1 Å². The van der Waals surface area contributed by atoms with Crippen LogP contribution in [-0.2, 0) is 4.79 Å². The summed E-state index contributed by atoms with van der Waals surface area (Å²) >= 11 is 3.56. The van der Waals surface area contributed by atoms with E-state index in [0.29, 0.717) is 28.3 Å². The molecule has 2 N–H and O–H groups in total. The number of hydrogen-bond donors (Lipinski definition) is 2. The fraction of sp³-hybridized carbons (Fsp3) is 0.0769. The normalized spacial score (nSPS) is 10.6. The van der Waals surface area contributed by atoms with Crippen LogP contribution in [0.4, 0.5) is 11.4 Å². The highest BCUT2D eigenvalue weighted by molar-refractivity contribution is 9.10. The molecule has 2 amide bonds. The summed E-state index contributed by atoms with van der Waals surface area (Å²) in [6.07, 6.45) is 0. The predicted octanol–water partition coefficient (Wildman–Crippen LogP) is 6.18. The number of amides is 2. The number of hydrogen-bond acceptors (Lipinski definition) is 3. The maximum Gasteiger partial charge on any atom is 0.262 e. The Hall–Kier alpha value is -3.64. The van der Waals surface area contributed by atoms with Gasteiger partial charge < -0.3 is 15.4 Å². The van der Waals surface area contributed by atoms with E-state index >= 15 is 0 Å². The maximum absolute atomic E-state index is 12.7. The molecule has 0 aromatic heterocycles. The van der Waals surface area contributed by atoms with Crippen LogP contribution in [0.2, 0.25) is 0 Å². The number of halogens is 1. The highest BCUT2D eigenvalue weighted by Gasteiger charge is 2.14. The molecule has 0 spiro atoms. The molecule has 4 aromatic rings. The second-order valence-corrected chi connectivity index (χ2v) is 8.03. The Morgan fingerprint density at radius 2 is 1.59 bits per heavy atom. The van der Waals surface area contributed by atoms with E-state index < -0.39 is 0 Å². The number of para-hydroxylation sites is 1. The van der Waals surface area contributed by atoms with Crippen molar-refractivity contribution in [3.05, 3.63) is 101 Å². The molecule has 0 radical (unpaired) electrons. The van der Waals surface area contributed by atoms with Crippen molar-refractivity contribution < 1.29 is 14.3 Å². The molecule has 0 fully saturated rings. The largest absolute Gasteiger partial charge is 0.483 e. The third-order valence-corrected chi connectivity index (χ3v) is 5.89. The van der Waals surface area contributed by atoms with Gasteiger partial charge in [0, 0.05) is 16.9 Å². The first-order valence-electron chi connectivity index (χ1n) is 10.1. The number of rotatable bonds is 6. The van der Waals surface area contributed by atoms with E-state index in [1.165, 1.54) is 0 Å². The summed E-state index contributed by atoms with van der Waals surface area (Å²) in [5.41, 5.74) is 2.45. The van der Waals surface area contributed by atoms with Crippen LogP contribution in [0.15, 0.2) is 89.4 Å². The number of carbonyl (C=O) groups excluding carboxylic acids is 2. The first kappa shape index (κ1) is 21.6. The zero-order valence-corrected chi connectivity index (χ0v) is 19.0. The lowest BCUT2D eigenvalue weighted by molar-refractivity contribution is -0.118. The van der Waals surface area contributed by atoms with Crippen molar-refractivity contribution in [3.63, 3.8) is 0 Å². The number of carbonyl (C=O) groups is 2. The summed E-state index contributed by atoms with van der Waals surface area (Å²) in [5, 5.41) is 7.80. The number of anilines is 2. The Morgan fingerprint density at radius 1 is 0.844 bits per heavy atom. The molecule has 6 heteroatoms. The van der Waals surface area contributed by atoms with Crippen molar-refractivity contribution in [3.8, 4) is 5.75 Å². The zero-order valence-electron chi connectivity index (χ0n) is 17.4. The summed E-state index contributed by atoms with van der Waals surface area (Å²) in [7, 11) is 0. The van der Waals surface area contributed by atoms with Crippen molar-refractivity contribution in [2.45, 2.75) is 6.92 Å². The van der Waals surface area contributed by atoms with Crippen LogP contribution >= 0.6 is 15.9 Å². The molecule has 0 saturated carbocycles. The van der Waals surface area contributed by atoms with Gasteiger partial charge in [-0.25, -0.2) is 0 Å². The van der Waals surface area contributed by atoms with Crippen molar-refractivity contribution in [1.29, 1.82) is 0 Å². The quantitative estimate of drug-likeness (QED) is 0.340. The molecule has 160 valence electrons. The topological polar surface area (TPSA) is 67.4 Å². The molecule has 4 aromatic carbocycles. The average Bonchev–Trinajstić information content (AvgIpc) is 2.81. The molecule has 4 rings (SSSR count). The summed E-state index contributed by atoms with van der Waals surface area (Å²) in [6, 6.07) is 26.2. The van der Waals surface area contributed by atoms with Gasteiger partial charge in [0.1, 0.15) is 5.75 Å². The van der Waals surface area contributed by atoms with E-state index in [-0.39, 0.29) is 18.4 Å². The monoisotopic (exact) mass is 488 g/mol. The van der Waals surface area contributed by atoms with Gasteiger partial charge in [0.2, 0.25) is 0 Å². The highest BCUT2D eigenvalue weighted by Crippen LogP contribution is 2.33. The van der Waals surface area contributed by atoms with Gasteiger partial charge in [0.05, 0.1) is 4.47 Å². The molecule has 32 heavy (non-hydrogen) atoms. The minimum Gasteiger partial charge on any atom is -0.483 e. The van der Waals surface area contributed by atoms with Crippen molar-refractivity contribution in [2.75, 3.05) is 17.2 Å². The molecule has 0 atom stereocenters. The lowest BCUT2D eigenvalue weighted by atomic mass is 10.1. The third-order valence-electron chi connectivity index (χ3n) is 5.07. The van der Waals surface area contributed by atoms with Crippen LogP contribution in [0.3, 0.4) is 0 Å². The van der Waals surface area contributed by atoms with Crippen LogP contribution in [-0.4, -0.2) is 18.4 Å². The smallest absolute Gasteiger partial charge is 0.262 e. The van der Waals surface area contributed by atoms with E-state index in [1.807, 2.05) is 66.7 Å². The Morgan fingerprint density at radius 3 is 2.41 bits per heavy atom. The molecule has 5 nitrogen and oxygen atoms in total. The van der Waals surface area contributed by atoms with E-state index in [9.17, 15) is 9.59 Å². The van der Waals surface area contributed by atoms with Crippen LogP contribution < -0.4 is 15.4 Å². The van der Waals surface area contributed by atoms with Crippen LogP contribution in [0.25, 0.3) is 10.8 Å². The number of benzene rings is 4. The summed E-state index contributed by atoms with van der Waals surface area (Å²) in [6.45, 7) is 1.65. The Bertz CT molecular complexity index is 1290. The highest BCUT2D eigenvalue weighted by atomic mass is 79.9. The second kappa shape index (κ2) is 9.66. The van der Waals surface area contributed by atoms with Gasteiger partial charge in [-0.05, 0) is 69.5 Å². The van der Waals surface area contributed by atoms with Crippen LogP contribution in [0.1, 0.15) is 15.9 Å². The van der Waals surface area contributed by atoms with Gasteiger partial charge >= 0.3 is 0 Å². The van der Waals surface area contributed by atoms with E-state index in [4.69, 9.17) is 4.74 Å². The van der Waals surface area contributed by atoms with E-state index in [2.05, 4.69) is 26.6 Å². The Balaban J connectivity index is 1.43. The molecule has 0 bridgehead atoms. The van der Waals surface area contributed by atoms with Gasteiger partial charge in [-0.1, -0.05) is 54.6 Å². The van der Waals surface area contributed by atoms with Gasteiger partial charge in [0.15, 0.2) is 6.61 Å². The number of ether oxygens (including phenoxy) is 1. The predicted molar refractivity (Wildman–Crippen MR) is 131 cm³/mol. The molecular formula is C26H21BrN2O3. The zero-order chi connectivity index (χ0) is 22.5. The second-order valence-electron chi connectivity index (χ2n) is 7.23. The maximum atomic E-state index is 12.7. The summed E-state index contributed by atoms with van der Waals surface area (Å²) < 4.78 is 6.54. The van der Waals surface area contributed by atoms with Crippen LogP contribution in [0, 0.1) is 6.92 Å². The molecule has 0 saturated heterocycles.